The Morgan fingerprint density at radius 1 is 0.867 bits per heavy atom. The zero-order valence-corrected chi connectivity index (χ0v) is 18.0. The molecule has 0 atom stereocenters. The van der Waals surface area contributed by atoms with Crippen LogP contribution in [0.3, 0.4) is 0 Å². The van der Waals surface area contributed by atoms with Gasteiger partial charge in [0.2, 0.25) is 0 Å². The molecule has 0 saturated heterocycles. The van der Waals surface area contributed by atoms with Crippen LogP contribution in [0, 0.1) is 0 Å². The van der Waals surface area contributed by atoms with Crippen LogP contribution in [-0.4, -0.2) is 63.9 Å². The highest BCUT2D eigenvalue weighted by Gasteiger charge is 2.32. The minimum atomic E-state index is -3.07. The fraction of sp³-hybridized carbons (Fsp3) is 0. The second kappa shape index (κ2) is 10.3. The molecule has 1 radical (unpaired) electrons. The Bertz CT molecular complexity index is 1020. The Morgan fingerprint density at radius 3 is 1.77 bits per heavy atom. The number of aromatic carboxylic acids is 2. The van der Waals surface area contributed by atoms with Crippen molar-refractivity contribution in [2.45, 2.75) is 0 Å². The van der Waals surface area contributed by atoms with E-state index in [0.29, 0.717) is 0 Å². The van der Waals surface area contributed by atoms with Crippen molar-refractivity contribution in [3.05, 3.63) is 58.7 Å². The summed E-state index contributed by atoms with van der Waals surface area (Å²) in [5.41, 5.74) is 10.7. The van der Waals surface area contributed by atoms with Gasteiger partial charge in [-0.15, -0.1) is 0 Å². The number of carbonyl (C=O) groups is 4. The molecular formula is C16H12Al2ClN2O9. The van der Waals surface area contributed by atoms with Gasteiger partial charge in [-0.25, -0.2) is 19.2 Å². The summed E-state index contributed by atoms with van der Waals surface area (Å²) in [7, 11) is 5.85. The molecule has 0 aliphatic heterocycles. The van der Waals surface area contributed by atoms with Gasteiger partial charge in [-0.2, -0.15) is 10.0 Å². The first-order valence-corrected chi connectivity index (χ1v) is 11.5. The summed E-state index contributed by atoms with van der Waals surface area (Å²) < 4.78 is 14.9. The number of hydrogen-bond donors (Lipinski definition) is 4. The third-order valence-electron chi connectivity index (χ3n) is 3.55. The van der Waals surface area contributed by atoms with Gasteiger partial charge in [0.05, 0.1) is 22.3 Å². The number of hydrogen-bond acceptors (Lipinski definition) is 9. The Morgan fingerprint density at radius 2 is 1.33 bits per heavy atom. The van der Waals surface area contributed by atoms with E-state index in [0.717, 1.165) is 12.1 Å². The van der Waals surface area contributed by atoms with Crippen LogP contribution >= 0.6 is 10.0 Å². The standard InChI is InChI=1S/2C8H7NO4.2Al.ClH.O/c2*9-6-3-4(7(10)11)1-2-5(6)8(12)13;;;;/h2*1-3H,9H2,(H,10,11)(H,12,13);;;1H;/q;;+1;+2;;/p-3. The molecule has 30 heavy (non-hydrogen) atoms. The number of nitrogens with two attached hydrogens (primary N) is 2. The Hall–Kier alpha value is -2.77. The lowest BCUT2D eigenvalue weighted by Gasteiger charge is -2.11. The predicted molar refractivity (Wildman–Crippen MR) is 105 cm³/mol. The number of halogens is 1. The average molecular weight is 466 g/mol. The number of benzene rings is 2. The smallest absolute Gasteiger partial charge is 0.597 e. The fourth-order valence-corrected chi connectivity index (χ4v) is 4.04. The molecule has 0 amide bonds. The van der Waals surface area contributed by atoms with E-state index in [4.69, 9.17) is 42.1 Å². The SMILES string of the molecule is Nc1cc(C(=O)O)ccc1C(=O)[O][Al][O][Al]([Cl])[O]C(=O)c1ccc(C(=O)O)cc1N. The van der Waals surface area contributed by atoms with Crippen molar-refractivity contribution < 1.29 is 39.8 Å². The van der Waals surface area contributed by atoms with Crippen LogP contribution in [0.1, 0.15) is 41.4 Å². The molecular weight excluding hydrogens is 454 g/mol. The van der Waals surface area contributed by atoms with Gasteiger partial charge in [-0.05, 0) is 36.4 Å². The third kappa shape index (κ3) is 6.11. The molecule has 0 saturated carbocycles. The van der Waals surface area contributed by atoms with E-state index in [1.54, 1.807) is 0 Å². The van der Waals surface area contributed by atoms with Crippen LogP contribution < -0.4 is 11.5 Å². The van der Waals surface area contributed by atoms with Gasteiger partial charge in [0.1, 0.15) is 0 Å². The monoisotopic (exact) mass is 465 g/mol. The van der Waals surface area contributed by atoms with E-state index in [-0.39, 0.29) is 33.6 Å². The van der Waals surface area contributed by atoms with E-state index < -0.39 is 53.7 Å². The van der Waals surface area contributed by atoms with Gasteiger partial charge in [0.15, 0.2) is 0 Å². The molecule has 2 aromatic carbocycles. The number of carbonyl (C=O) groups excluding carboxylic acids is 2. The van der Waals surface area contributed by atoms with Crippen LogP contribution in [0.15, 0.2) is 36.4 Å². The summed E-state index contributed by atoms with van der Waals surface area (Å²) in [5, 5.41) is 17.8. The number of rotatable bonds is 8. The highest BCUT2D eigenvalue weighted by molar-refractivity contribution is 7.01. The van der Waals surface area contributed by atoms with Gasteiger partial charge in [-0.1, -0.05) is 0 Å². The van der Waals surface area contributed by atoms with Gasteiger partial charge < -0.3 is 32.1 Å². The second-order valence-corrected chi connectivity index (χ2v) is 8.90. The summed E-state index contributed by atoms with van der Waals surface area (Å²) in [6.45, 7) is 0. The van der Waals surface area contributed by atoms with E-state index in [9.17, 15) is 19.2 Å². The largest absolute Gasteiger partial charge is 0.878 e. The van der Waals surface area contributed by atoms with Crippen molar-refractivity contribution >= 4 is 75.1 Å². The van der Waals surface area contributed by atoms with Gasteiger partial charge in [0.25, 0.3) is 0 Å². The molecule has 0 aliphatic carbocycles. The predicted octanol–water partition coefficient (Wildman–Crippen LogP) is 1.04. The summed E-state index contributed by atoms with van der Waals surface area (Å²) in [5.74, 6) is -4.20. The maximum absolute atomic E-state index is 12.1. The Labute approximate surface area is 184 Å². The molecule has 2 rings (SSSR count). The molecule has 14 heteroatoms. The average Bonchev–Trinajstić information content (AvgIpc) is 2.67. The summed E-state index contributed by atoms with van der Waals surface area (Å²) >= 11 is -4.53. The molecule has 0 bridgehead atoms. The van der Waals surface area contributed by atoms with Crippen LogP contribution in [0.25, 0.3) is 0 Å². The van der Waals surface area contributed by atoms with Crippen molar-refractivity contribution in [3.8, 4) is 0 Å². The van der Waals surface area contributed by atoms with Crippen molar-refractivity contribution in [2.75, 3.05) is 11.5 Å². The van der Waals surface area contributed by atoms with Gasteiger partial charge >= 0.3 is 53.7 Å². The van der Waals surface area contributed by atoms with E-state index in [1.165, 1.54) is 24.3 Å². The van der Waals surface area contributed by atoms with E-state index in [1.807, 2.05) is 0 Å². The van der Waals surface area contributed by atoms with Crippen molar-refractivity contribution in [1.82, 2.24) is 0 Å². The first-order valence-electron chi connectivity index (χ1n) is 7.89. The van der Waals surface area contributed by atoms with Crippen LogP contribution in [0.4, 0.5) is 11.4 Å². The van der Waals surface area contributed by atoms with Crippen LogP contribution in [-0.2, 0) is 10.4 Å². The lowest BCUT2D eigenvalue weighted by atomic mass is 10.1. The highest BCUT2D eigenvalue weighted by atomic mass is 35.6. The van der Waals surface area contributed by atoms with Crippen LogP contribution in [0.2, 0.25) is 0 Å². The lowest BCUT2D eigenvalue weighted by Crippen LogP contribution is -2.25. The van der Waals surface area contributed by atoms with E-state index >= 15 is 0 Å². The Balaban J connectivity index is 1.88. The molecule has 6 N–H and O–H groups in total. The second-order valence-electron chi connectivity index (χ2n) is 5.53. The zero-order chi connectivity index (χ0) is 22.4. The van der Waals surface area contributed by atoms with Crippen molar-refractivity contribution in [1.29, 1.82) is 0 Å². The molecule has 0 heterocycles. The minimum absolute atomic E-state index is 0.0628. The highest BCUT2D eigenvalue weighted by Crippen LogP contribution is 2.17. The topological polar surface area (TPSA) is 188 Å². The number of nitrogen functional groups attached to an aromatic ring is 2. The lowest BCUT2D eigenvalue weighted by molar-refractivity contribution is 0.0676. The first kappa shape index (κ1) is 23.5. The first-order chi connectivity index (χ1) is 14.1. The number of carboxylic acids is 2. The normalized spacial score (nSPS) is 10.0. The molecule has 0 aromatic heterocycles. The molecule has 0 fully saturated rings. The maximum atomic E-state index is 12.1. The summed E-state index contributed by atoms with van der Waals surface area (Å²) in [4.78, 5) is 45.8. The summed E-state index contributed by atoms with van der Waals surface area (Å²) in [6.07, 6.45) is 0. The van der Waals surface area contributed by atoms with Gasteiger partial charge in [0, 0.05) is 11.4 Å². The molecule has 11 nitrogen and oxygen atoms in total. The van der Waals surface area contributed by atoms with Crippen molar-refractivity contribution in [2.24, 2.45) is 0 Å². The molecule has 0 spiro atoms. The van der Waals surface area contributed by atoms with Crippen LogP contribution in [0.5, 0.6) is 0 Å². The number of anilines is 2. The minimum Gasteiger partial charge on any atom is -0.597 e. The van der Waals surface area contributed by atoms with Crippen molar-refractivity contribution in [3.63, 3.8) is 0 Å². The summed E-state index contributed by atoms with van der Waals surface area (Å²) in [6, 6.07) is 6.93. The molecule has 2 aromatic rings. The Kier molecular flexibility index (Phi) is 8.09. The molecule has 0 unspecified atom stereocenters. The quantitative estimate of drug-likeness (QED) is 0.322. The zero-order valence-electron chi connectivity index (χ0n) is 14.9. The fourth-order valence-electron chi connectivity index (χ4n) is 2.12. The molecule has 153 valence electrons. The third-order valence-corrected chi connectivity index (χ3v) is 6.76. The van der Waals surface area contributed by atoms with E-state index in [2.05, 4.69) is 0 Å². The maximum Gasteiger partial charge on any atom is 0.878 e. The number of carboxylic acid groups (broad SMARTS) is 2. The van der Waals surface area contributed by atoms with Gasteiger partial charge in [-0.3, -0.25) is 0 Å². The molecule has 0 aliphatic rings.